The van der Waals surface area contributed by atoms with Gasteiger partial charge in [-0.05, 0) is 26.0 Å². The number of nitrogens with one attached hydrogen (secondary N) is 1. The Morgan fingerprint density at radius 3 is 3.06 bits per heavy atom. The van der Waals surface area contributed by atoms with Crippen LogP contribution in [0, 0.1) is 18.3 Å². The first-order chi connectivity index (χ1) is 7.69. The van der Waals surface area contributed by atoms with E-state index in [0.717, 1.165) is 31.1 Å². The number of aromatic nitrogens is 1. The maximum absolute atomic E-state index is 8.93. The Morgan fingerprint density at radius 2 is 2.38 bits per heavy atom. The Balaban J connectivity index is 2.26. The second-order valence-corrected chi connectivity index (χ2v) is 4.27. The minimum atomic E-state index is 0.474. The van der Waals surface area contributed by atoms with Gasteiger partial charge in [0, 0.05) is 31.4 Å². The Hall–Kier alpha value is -1.60. The van der Waals surface area contributed by atoms with Crippen molar-refractivity contribution in [1.82, 2.24) is 10.3 Å². The highest BCUT2D eigenvalue weighted by Gasteiger charge is 2.17. The number of anilines is 1. The molecule has 0 bridgehead atoms. The van der Waals surface area contributed by atoms with Gasteiger partial charge in [0.05, 0.1) is 11.6 Å². The van der Waals surface area contributed by atoms with Crippen LogP contribution in [0.25, 0.3) is 0 Å². The second kappa shape index (κ2) is 4.50. The van der Waals surface area contributed by atoms with Gasteiger partial charge >= 0.3 is 0 Å². The van der Waals surface area contributed by atoms with E-state index in [4.69, 9.17) is 5.26 Å². The van der Waals surface area contributed by atoms with Crippen molar-refractivity contribution in [3.8, 4) is 6.07 Å². The van der Waals surface area contributed by atoms with E-state index in [9.17, 15) is 0 Å². The summed E-state index contributed by atoms with van der Waals surface area (Å²) >= 11 is 0. The number of pyridine rings is 1. The summed E-state index contributed by atoms with van der Waals surface area (Å²) in [7, 11) is 0. The van der Waals surface area contributed by atoms with Gasteiger partial charge in [0.2, 0.25) is 0 Å². The molecule has 0 spiro atoms. The summed E-state index contributed by atoms with van der Waals surface area (Å²) in [5.41, 5.74) is 1.59. The predicted octanol–water partition coefficient (Wildman–Crippen LogP) is 1.06. The van der Waals surface area contributed by atoms with Gasteiger partial charge in [-0.1, -0.05) is 0 Å². The average molecular weight is 216 g/mol. The lowest BCUT2D eigenvalue weighted by molar-refractivity contribution is 0.482. The van der Waals surface area contributed by atoms with Crippen molar-refractivity contribution >= 4 is 5.82 Å². The Morgan fingerprint density at radius 1 is 1.56 bits per heavy atom. The van der Waals surface area contributed by atoms with E-state index in [-0.39, 0.29) is 0 Å². The quantitative estimate of drug-likeness (QED) is 0.762. The van der Waals surface area contributed by atoms with Crippen molar-refractivity contribution in [3.05, 3.63) is 23.4 Å². The topological polar surface area (TPSA) is 52.0 Å². The van der Waals surface area contributed by atoms with Gasteiger partial charge in [-0.2, -0.15) is 5.26 Å². The molecule has 2 heterocycles. The van der Waals surface area contributed by atoms with Crippen molar-refractivity contribution in [2.75, 3.05) is 24.5 Å². The smallest absolute Gasteiger partial charge is 0.130 e. The van der Waals surface area contributed by atoms with Crippen LogP contribution in [-0.4, -0.2) is 30.7 Å². The minimum Gasteiger partial charge on any atom is -0.354 e. The zero-order valence-electron chi connectivity index (χ0n) is 9.70. The molecular weight excluding hydrogens is 200 g/mol. The standard InChI is InChI=1S/C12H16N4/c1-9-5-11(7-13)6-12(15-9)16-4-3-14-10(2)8-16/h5-6,10,14H,3-4,8H2,1-2H3/t10-/m0/s1. The van der Waals surface area contributed by atoms with Crippen molar-refractivity contribution < 1.29 is 0 Å². The van der Waals surface area contributed by atoms with Gasteiger partial charge in [-0.3, -0.25) is 0 Å². The molecule has 2 rings (SSSR count). The first kappa shape index (κ1) is 10.9. The highest BCUT2D eigenvalue weighted by Crippen LogP contribution is 2.16. The third-order valence-electron chi connectivity index (χ3n) is 2.76. The number of nitriles is 1. The molecule has 4 nitrogen and oxygen atoms in total. The highest BCUT2D eigenvalue weighted by molar-refractivity contribution is 5.47. The molecule has 1 aliphatic rings. The van der Waals surface area contributed by atoms with Crippen LogP contribution in [0.1, 0.15) is 18.2 Å². The molecule has 1 fully saturated rings. The maximum atomic E-state index is 8.93. The average Bonchev–Trinajstić information content (AvgIpc) is 2.28. The van der Waals surface area contributed by atoms with E-state index in [1.807, 2.05) is 19.1 Å². The summed E-state index contributed by atoms with van der Waals surface area (Å²) in [5, 5.41) is 12.3. The first-order valence-corrected chi connectivity index (χ1v) is 5.56. The molecule has 1 saturated heterocycles. The summed E-state index contributed by atoms with van der Waals surface area (Å²) in [4.78, 5) is 6.72. The largest absolute Gasteiger partial charge is 0.354 e. The zero-order valence-corrected chi connectivity index (χ0v) is 9.70. The molecule has 1 aliphatic heterocycles. The second-order valence-electron chi connectivity index (χ2n) is 4.27. The SMILES string of the molecule is Cc1cc(C#N)cc(N2CCN[C@@H](C)C2)n1. The lowest BCUT2D eigenvalue weighted by Gasteiger charge is -2.32. The van der Waals surface area contributed by atoms with Gasteiger partial charge in [0.1, 0.15) is 5.82 Å². The Labute approximate surface area is 95.9 Å². The predicted molar refractivity (Wildman–Crippen MR) is 63.4 cm³/mol. The van der Waals surface area contributed by atoms with Crippen LogP contribution < -0.4 is 10.2 Å². The third-order valence-corrected chi connectivity index (χ3v) is 2.76. The molecule has 0 saturated carbocycles. The fraction of sp³-hybridized carbons (Fsp3) is 0.500. The van der Waals surface area contributed by atoms with E-state index >= 15 is 0 Å². The van der Waals surface area contributed by atoms with Gasteiger partial charge in [-0.25, -0.2) is 4.98 Å². The number of nitrogens with zero attached hydrogens (tertiary/aromatic N) is 3. The summed E-state index contributed by atoms with van der Waals surface area (Å²) in [6.45, 7) is 6.95. The molecule has 0 radical (unpaired) electrons. The summed E-state index contributed by atoms with van der Waals surface area (Å²) in [5.74, 6) is 0.921. The monoisotopic (exact) mass is 216 g/mol. The van der Waals surface area contributed by atoms with Gasteiger partial charge < -0.3 is 10.2 Å². The maximum Gasteiger partial charge on any atom is 0.130 e. The fourth-order valence-corrected chi connectivity index (χ4v) is 2.02. The molecule has 1 aromatic rings. The molecule has 0 unspecified atom stereocenters. The highest BCUT2D eigenvalue weighted by atomic mass is 15.2. The normalized spacial score (nSPS) is 20.6. The Kier molecular flexibility index (Phi) is 3.07. The van der Waals surface area contributed by atoms with Crippen LogP contribution in [0.5, 0.6) is 0 Å². The molecule has 16 heavy (non-hydrogen) atoms. The summed E-state index contributed by atoms with van der Waals surface area (Å²) in [6.07, 6.45) is 0. The molecular formula is C12H16N4. The zero-order chi connectivity index (χ0) is 11.5. The third kappa shape index (κ3) is 2.31. The van der Waals surface area contributed by atoms with Crippen LogP contribution >= 0.6 is 0 Å². The van der Waals surface area contributed by atoms with Crippen molar-refractivity contribution in [2.45, 2.75) is 19.9 Å². The number of piperazine rings is 1. The van der Waals surface area contributed by atoms with Crippen LogP contribution in [-0.2, 0) is 0 Å². The van der Waals surface area contributed by atoms with Crippen molar-refractivity contribution in [2.24, 2.45) is 0 Å². The molecule has 1 atom stereocenters. The number of hydrogen-bond donors (Lipinski definition) is 1. The van der Waals surface area contributed by atoms with Gasteiger partial charge in [0.15, 0.2) is 0 Å². The van der Waals surface area contributed by atoms with Gasteiger partial charge in [0.25, 0.3) is 0 Å². The van der Waals surface area contributed by atoms with Crippen molar-refractivity contribution in [3.63, 3.8) is 0 Å². The first-order valence-electron chi connectivity index (χ1n) is 5.56. The van der Waals surface area contributed by atoms with E-state index < -0.39 is 0 Å². The molecule has 0 amide bonds. The molecule has 84 valence electrons. The number of aryl methyl sites for hydroxylation is 1. The lowest BCUT2D eigenvalue weighted by atomic mass is 10.2. The van der Waals surface area contributed by atoms with Crippen LogP contribution in [0.3, 0.4) is 0 Å². The molecule has 1 N–H and O–H groups in total. The van der Waals surface area contributed by atoms with E-state index in [0.29, 0.717) is 11.6 Å². The lowest BCUT2D eigenvalue weighted by Crippen LogP contribution is -2.49. The van der Waals surface area contributed by atoms with E-state index in [1.54, 1.807) is 0 Å². The van der Waals surface area contributed by atoms with Crippen LogP contribution in [0.15, 0.2) is 12.1 Å². The Bertz CT molecular complexity index is 422. The fourth-order valence-electron chi connectivity index (χ4n) is 2.02. The van der Waals surface area contributed by atoms with Gasteiger partial charge in [-0.15, -0.1) is 0 Å². The summed E-state index contributed by atoms with van der Waals surface area (Å²) in [6, 6.07) is 6.33. The number of hydrogen-bond acceptors (Lipinski definition) is 4. The number of rotatable bonds is 1. The minimum absolute atomic E-state index is 0.474. The molecule has 0 aromatic carbocycles. The van der Waals surface area contributed by atoms with Crippen LogP contribution in [0.2, 0.25) is 0 Å². The molecule has 4 heteroatoms. The van der Waals surface area contributed by atoms with E-state index in [2.05, 4.69) is 28.2 Å². The van der Waals surface area contributed by atoms with E-state index in [1.165, 1.54) is 0 Å². The van der Waals surface area contributed by atoms with Crippen LogP contribution in [0.4, 0.5) is 5.82 Å². The van der Waals surface area contributed by atoms with Crippen molar-refractivity contribution in [1.29, 1.82) is 5.26 Å². The molecule has 1 aromatic heterocycles. The summed E-state index contributed by atoms with van der Waals surface area (Å²) < 4.78 is 0. The molecule has 0 aliphatic carbocycles.